The normalized spacial score (nSPS) is 18.6. The lowest BCUT2D eigenvalue weighted by Crippen LogP contribution is -2.49. The highest BCUT2D eigenvalue weighted by atomic mass is 35.5. The number of carboxylic acids is 1. The number of anilines is 1. The number of aromatic nitrogens is 2. The van der Waals surface area contributed by atoms with Crippen LogP contribution in [0.15, 0.2) is 30.6 Å². The molecular formula is C19H21ClN4O2. The second kappa shape index (κ2) is 7.21. The number of fused-ring (bicyclic) bond motifs is 1. The molecule has 4 rings (SSSR count). The van der Waals surface area contributed by atoms with Crippen LogP contribution in [0.3, 0.4) is 0 Å². The number of hydrogen-bond acceptors (Lipinski definition) is 5. The number of hydrogen-bond donors (Lipinski definition) is 1. The van der Waals surface area contributed by atoms with E-state index in [0.717, 1.165) is 43.7 Å². The Bertz CT molecular complexity index is 804. The zero-order valence-corrected chi connectivity index (χ0v) is 15.2. The first-order chi connectivity index (χ1) is 12.6. The summed E-state index contributed by atoms with van der Waals surface area (Å²) in [6.45, 7) is 2.89. The van der Waals surface area contributed by atoms with Gasteiger partial charge in [-0.1, -0.05) is 23.7 Å². The monoisotopic (exact) mass is 372 g/mol. The lowest BCUT2D eigenvalue weighted by Gasteiger charge is -2.38. The molecule has 2 heterocycles. The molecular weight excluding hydrogens is 352 g/mol. The molecule has 26 heavy (non-hydrogen) atoms. The third-order valence-electron chi connectivity index (χ3n) is 5.25. The van der Waals surface area contributed by atoms with Gasteiger partial charge in [0.15, 0.2) is 0 Å². The van der Waals surface area contributed by atoms with Crippen LogP contribution in [0.4, 0.5) is 5.82 Å². The summed E-state index contributed by atoms with van der Waals surface area (Å²) in [5.41, 5.74) is 3.20. The number of halogens is 1. The molecule has 1 unspecified atom stereocenters. The Kier molecular flexibility index (Phi) is 4.78. The van der Waals surface area contributed by atoms with Crippen LogP contribution in [0.5, 0.6) is 0 Å². The Morgan fingerprint density at radius 2 is 1.81 bits per heavy atom. The van der Waals surface area contributed by atoms with Gasteiger partial charge in [-0.25, -0.2) is 9.97 Å². The van der Waals surface area contributed by atoms with Crippen LogP contribution in [-0.2, 0) is 17.6 Å². The minimum atomic E-state index is -0.830. The first-order valence-electron chi connectivity index (χ1n) is 8.93. The van der Waals surface area contributed by atoms with Crippen molar-refractivity contribution in [2.75, 3.05) is 31.1 Å². The number of benzene rings is 1. The van der Waals surface area contributed by atoms with Gasteiger partial charge in [-0.05, 0) is 37.0 Å². The molecule has 6 nitrogen and oxygen atoms in total. The predicted octanol–water partition coefficient (Wildman–Crippen LogP) is 2.57. The van der Waals surface area contributed by atoms with Crippen molar-refractivity contribution in [1.82, 2.24) is 14.9 Å². The number of aryl methyl sites for hydroxylation is 1. The largest absolute Gasteiger partial charge is 0.480 e. The molecule has 0 saturated carbocycles. The summed E-state index contributed by atoms with van der Waals surface area (Å²) in [4.78, 5) is 25.1. The molecule has 1 fully saturated rings. The van der Waals surface area contributed by atoms with Crippen molar-refractivity contribution in [2.45, 2.75) is 25.3 Å². The summed E-state index contributed by atoms with van der Waals surface area (Å²) >= 11 is 5.94. The highest BCUT2D eigenvalue weighted by Gasteiger charge is 2.31. The Hall–Kier alpha value is -2.18. The third kappa shape index (κ3) is 3.27. The zero-order valence-electron chi connectivity index (χ0n) is 14.4. The van der Waals surface area contributed by atoms with E-state index >= 15 is 0 Å². The average Bonchev–Trinajstić information content (AvgIpc) is 3.13. The molecule has 2 aliphatic rings. The summed E-state index contributed by atoms with van der Waals surface area (Å²) in [5, 5.41) is 10.4. The molecule has 1 aromatic heterocycles. The minimum absolute atomic E-state index is 0.611. The first-order valence-corrected chi connectivity index (χ1v) is 9.31. The van der Waals surface area contributed by atoms with Crippen LogP contribution in [0.1, 0.15) is 29.3 Å². The van der Waals surface area contributed by atoms with E-state index in [1.165, 1.54) is 11.3 Å². The van der Waals surface area contributed by atoms with Crippen molar-refractivity contribution in [2.24, 2.45) is 0 Å². The molecule has 1 aromatic carbocycles. The molecule has 1 aliphatic heterocycles. The van der Waals surface area contributed by atoms with E-state index in [9.17, 15) is 9.90 Å². The molecule has 0 amide bonds. The standard InChI is InChI=1S/C19H21ClN4O2/c20-14-6-4-13(5-7-14)17(19(25)26)23-8-10-24(11-9-23)18-15-2-1-3-16(15)21-12-22-18/h4-7,12,17H,1-3,8-11H2,(H,25,26). The van der Waals surface area contributed by atoms with Crippen LogP contribution < -0.4 is 4.90 Å². The molecule has 1 atom stereocenters. The third-order valence-corrected chi connectivity index (χ3v) is 5.50. The molecule has 7 heteroatoms. The number of rotatable bonds is 4. The number of nitrogens with zero attached hydrogens (tertiary/aromatic N) is 4. The Balaban J connectivity index is 1.49. The van der Waals surface area contributed by atoms with Crippen LogP contribution in [0, 0.1) is 0 Å². The number of carboxylic acid groups (broad SMARTS) is 1. The fourth-order valence-electron chi connectivity index (χ4n) is 3.96. The maximum atomic E-state index is 11.9. The topological polar surface area (TPSA) is 69.6 Å². The SMILES string of the molecule is O=C(O)C(c1ccc(Cl)cc1)N1CCN(c2ncnc3c2CCC3)CC1. The first kappa shape index (κ1) is 17.2. The fraction of sp³-hybridized carbons (Fsp3) is 0.421. The summed E-state index contributed by atoms with van der Waals surface area (Å²) < 4.78 is 0. The smallest absolute Gasteiger partial charge is 0.325 e. The summed E-state index contributed by atoms with van der Waals surface area (Å²) in [7, 11) is 0. The summed E-state index contributed by atoms with van der Waals surface area (Å²) in [5.74, 6) is 0.203. The molecule has 1 N–H and O–H groups in total. The molecule has 136 valence electrons. The van der Waals surface area contributed by atoms with Crippen molar-refractivity contribution in [3.8, 4) is 0 Å². The maximum absolute atomic E-state index is 11.9. The number of piperazine rings is 1. The van der Waals surface area contributed by atoms with E-state index in [0.29, 0.717) is 18.1 Å². The van der Waals surface area contributed by atoms with Crippen molar-refractivity contribution in [3.63, 3.8) is 0 Å². The van der Waals surface area contributed by atoms with Gasteiger partial charge in [0, 0.05) is 42.5 Å². The Morgan fingerprint density at radius 3 is 2.50 bits per heavy atom. The van der Waals surface area contributed by atoms with Gasteiger partial charge in [0.05, 0.1) is 0 Å². The molecule has 1 aliphatic carbocycles. The van der Waals surface area contributed by atoms with Gasteiger partial charge in [-0.3, -0.25) is 9.69 Å². The fourth-order valence-corrected chi connectivity index (χ4v) is 4.09. The highest BCUT2D eigenvalue weighted by molar-refractivity contribution is 6.30. The molecule has 0 radical (unpaired) electrons. The molecule has 0 bridgehead atoms. The summed E-state index contributed by atoms with van der Waals surface area (Å²) in [6, 6.07) is 6.43. The lowest BCUT2D eigenvalue weighted by molar-refractivity contribution is -0.143. The van der Waals surface area contributed by atoms with Crippen LogP contribution >= 0.6 is 11.6 Å². The van der Waals surface area contributed by atoms with Crippen molar-refractivity contribution >= 4 is 23.4 Å². The van der Waals surface area contributed by atoms with Gasteiger partial charge in [0.2, 0.25) is 0 Å². The van der Waals surface area contributed by atoms with Crippen molar-refractivity contribution < 1.29 is 9.90 Å². The van der Waals surface area contributed by atoms with E-state index in [1.54, 1.807) is 30.6 Å². The highest BCUT2D eigenvalue weighted by Crippen LogP contribution is 2.30. The second-order valence-electron chi connectivity index (χ2n) is 6.79. The van der Waals surface area contributed by atoms with E-state index in [4.69, 9.17) is 11.6 Å². The van der Waals surface area contributed by atoms with Crippen LogP contribution in [0.25, 0.3) is 0 Å². The van der Waals surface area contributed by atoms with E-state index in [-0.39, 0.29) is 0 Å². The van der Waals surface area contributed by atoms with Crippen molar-refractivity contribution in [1.29, 1.82) is 0 Å². The van der Waals surface area contributed by atoms with E-state index < -0.39 is 12.0 Å². The van der Waals surface area contributed by atoms with Gasteiger partial charge in [0.1, 0.15) is 18.2 Å². The molecule has 2 aromatic rings. The quantitative estimate of drug-likeness (QED) is 0.889. The summed E-state index contributed by atoms with van der Waals surface area (Å²) in [6.07, 6.45) is 4.86. The van der Waals surface area contributed by atoms with Crippen LogP contribution in [-0.4, -0.2) is 52.1 Å². The van der Waals surface area contributed by atoms with E-state index in [1.807, 2.05) is 4.90 Å². The number of aliphatic carboxylic acids is 1. The molecule has 1 saturated heterocycles. The van der Waals surface area contributed by atoms with Gasteiger partial charge in [0.25, 0.3) is 0 Å². The minimum Gasteiger partial charge on any atom is -0.480 e. The predicted molar refractivity (Wildman–Crippen MR) is 99.7 cm³/mol. The van der Waals surface area contributed by atoms with Gasteiger partial charge in [-0.15, -0.1) is 0 Å². The number of carbonyl (C=O) groups is 1. The molecule has 0 spiro atoms. The van der Waals surface area contributed by atoms with Gasteiger partial charge in [-0.2, -0.15) is 0 Å². The lowest BCUT2D eigenvalue weighted by atomic mass is 10.0. The second-order valence-corrected chi connectivity index (χ2v) is 7.23. The van der Waals surface area contributed by atoms with Gasteiger partial charge < -0.3 is 10.0 Å². The Labute approximate surface area is 157 Å². The zero-order chi connectivity index (χ0) is 18.1. The van der Waals surface area contributed by atoms with Crippen molar-refractivity contribution in [3.05, 3.63) is 52.4 Å². The van der Waals surface area contributed by atoms with E-state index in [2.05, 4.69) is 14.9 Å². The maximum Gasteiger partial charge on any atom is 0.325 e. The Morgan fingerprint density at radius 1 is 1.08 bits per heavy atom. The average molecular weight is 373 g/mol. The van der Waals surface area contributed by atoms with Gasteiger partial charge >= 0.3 is 5.97 Å². The van der Waals surface area contributed by atoms with Crippen LogP contribution in [0.2, 0.25) is 5.02 Å².